The number of aromatic nitrogens is 8. The lowest BCUT2D eigenvalue weighted by Gasteiger charge is -2.27. The third-order valence-electron chi connectivity index (χ3n) is 24.1. The van der Waals surface area contributed by atoms with Gasteiger partial charge in [-0.05, 0) is 190 Å². The SMILES string of the molecule is CC(C)(C)c1ccc2c(c1)c1cc(C(C)(C)C)ccc1n2-c1nc(-n2c3ccc(C(C)(C)C)cc3c3cc(C(C)(C)C)ccc32)c(-n2c3ccc(C(C)(C)C)cc3c3cc(C(C)(C)C)ccc32)c(-c2ccc(-c3nc(-c4ccccc4)nc(-c4ccccc4)n3)cc2)c1-n1c2ccc(C(C)(C)C)cc2c2cc(C(C)(C)C)ccc21. The molecule has 11 aromatic carbocycles. The summed E-state index contributed by atoms with van der Waals surface area (Å²) in [4.78, 5) is 22.9. The summed E-state index contributed by atoms with van der Waals surface area (Å²) in [6.45, 7) is 56.1. The van der Waals surface area contributed by atoms with Gasteiger partial charge in [0.15, 0.2) is 29.1 Å². The molecule has 6 heterocycles. The highest BCUT2D eigenvalue weighted by atomic mass is 15.2. The lowest BCUT2D eigenvalue weighted by Crippen LogP contribution is -2.17. The zero-order valence-corrected chi connectivity index (χ0v) is 71.5. The second kappa shape index (κ2) is 26.2. The van der Waals surface area contributed by atoms with E-state index in [-0.39, 0.29) is 43.3 Å². The first-order valence-electron chi connectivity index (χ1n) is 41.0. The van der Waals surface area contributed by atoms with E-state index in [1.54, 1.807) is 0 Å². The molecule has 0 bridgehead atoms. The van der Waals surface area contributed by atoms with Gasteiger partial charge in [-0.25, -0.2) is 19.9 Å². The van der Waals surface area contributed by atoms with E-state index in [1.165, 1.54) is 87.6 Å². The number of nitrogens with zero attached hydrogens (tertiary/aromatic N) is 8. The van der Waals surface area contributed by atoms with Gasteiger partial charge in [0, 0.05) is 65.3 Å². The zero-order valence-electron chi connectivity index (χ0n) is 71.5. The first-order chi connectivity index (χ1) is 53.6. The molecule has 8 heteroatoms. The van der Waals surface area contributed by atoms with Crippen LogP contribution in [0, 0.1) is 0 Å². The van der Waals surface area contributed by atoms with E-state index in [1.807, 2.05) is 36.4 Å². The quantitative estimate of drug-likeness (QED) is 0.152. The number of fused-ring (bicyclic) bond motifs is 12. The van der Waals surface area contributed by atoms with Crippen molar-refractivity contribution in [1.29, 1.82) is 0 Å². The summed E-state index contributed by atoms with van der Waals surface area (Å²) in [6, 6.07) is 87.9. The maximum Gasteiger partial charge on any atom is 0.165 e. The molecule has 0 aliphatic carbocycles. The summed E-state index contributed by atoms with van der Waals surface area (Å²) in [6.07, 6.45) is 0. The highest BCUT2D eigenvalue weighted by Crippen LogP contribution is 2.52. The van der Waals surface area contributed by atoms with Crippen LogP contribution in [-0.2, 0) is 43.3 Å². The third kappa shape index (κ3) is 12.9. The van der Waals surface area contributed by atoms with Crippen molar-refractivity contribution in [3.63, 3.8) is 0 Å². The second-order valence-corrected chi connectivity index (χ2v) is 40.6. The third-order valence-corrected chi connectivity index (χ3v) is 24.1. The number of pyridine rings is 1. The number of benzene rings is 11. The largest absolute Gasteiger partial charge is 0.305 e. The molecule has 6 aromatic heterocycles. The molecule has 0 saturated carbocycles. The van der Waals surface area contributed by atoms with Crippen LogP contribution in [0.15, 0.2) is 231 Å². The van der Waals surface area contributed by atoms with Crippen LogP contribution in [0.25, 0.3) is 156 Å². The standard InChI is InChI=1S/C106H110N8/c1-99(2,3)67-39-47-83-75(55-67)76-56-68(100(4,5)6)40-48-84(76)111(83)92-91(63-35-37-66(38-36-63)96-108-94(64-31-27-25-28-32-64)107-95(109-96)65-33-29-26-30-34-65)93(112-85-49-41-69(101(7,8)9)57-77(85)78-58-70(102(10,11)12)42-50-86(78)112)98(114-89-53-45-73(105(19,20)21)61-81(89)82-62-74(106(22,23)24)46-54-90(82)114)110-97(92)113-87-51-43-71(103(13,14)15)59-79(87)80-60-72(104(16,17)18)44-52-88(80)113/h25-62H,1-24H3. The summed E-state index contributed by atoms with van der Waals surface area (Å²) >= 11 is 0. The van der Waals surface area contributed by atoms with Gasteiger partial charge in [-0.3, -0.25) is 9.13 Å². The fourth-order valence-electron chi connectivity index (χ4n) is 17.0. The Morgan fingerprint density at radius 3 is 0.570 bits per heavy atom. The van der Waals surface area contributed by atoms with Crippen molar-refractivity contribution in [3.8, 4) is 68.3 Å². The number of rotatable bonds is 8. The van der Waals surface area contributed by atoms with Crippen molar-refractivity contribution in [2.75, 3.05) is 0 Å². The fraction of sp³-hybridized carbons (Fsp3) is 0.302. The molecule has 574 valence electrons. The molecule has 17 rings (SSSR count). The predicted octanol–water partition coefficient (Wildman–Crippen LogP) is 28.7. The second-order valence-electron chi connectivity index (χ2n) is 40.6. The fourth-order valence-corrected chi connectivity index (χ4v) is 17.0. The van der Waals surface area contributed by atoms with Gasteiger partial charge < -0.3 is 9.13 Å². The molecule has 0 spiro atoms. The molecule has 0 amide bonds. The summed E-state index contributed by atoms with van der Waals surface area (Å²) < 4.78 is 10.3. The first-order valence-corrected chi connectivity index (χ1v) is 41.0. The van der Waals surface area contributed by atoms with Gasteiger partial charge in [-0.1, -0.05) is 300 Å². The molecule has 0 aliphatic rings. The van der Waals surface area contributed by atoms with E-state index in [0.717, 1.165) is 95.0 Å². The van der Waals surface area contributed by atoms with Gasteiger partial charge in [0.25, 0.3) is 0 Å². The first kappa shape index (κ1) is 75.5. The van der Waals surface area contributed by atoms with Crippen LogP contribution in [0.5, 0.6) is 0 Å². The molecule has 0 radical (unpaired) electrons. The summed E-state index contributed by atoms with van der Waals surface area (Å²) in [5.41, 5.74) is 23.9. The van der Waals surface area contributed by atoms with E-state index in [9.17, 15) is 0 Å². The van der Waals surface area contributed by atoms with Gasteiger partial charge in [0.1, 0.15) is 11.4 Å². The van der Waals surface area contributed by atoms with Crippen LogP contribution in [0.4, 0.5) is 0 Å². The Bertz CT molecular complexity index is 6080. The van der Waals surface area contributed by atoms with Crippen LogP contribution in [-0.4, -0.2) is 38.2 Å². The molecule has 0 N–H and O–H groups in total. The van der Waals surface area contributed by atoms with Gasteiger partial charge >= 0.3 is 0 Å². The maximum atomic E-state index is 6.89. The number of hydrogen-bond donors (Lipinski definition) is 0. The Balaban J connectivity index is 1.17. The van der Waals surface area contributed by atoms with Gasteiger partial charge in [-0.2, -0.15) is 0 Å². The monoisotopic (exact) mass is 1490 g/mol. The van der Waals surface area contributed by atoms with E-state index in [0.29, 0.717) is 17.5 Å². The lowest BCUT2D eigenvalue weighted by molar-refractivity contribution is 0.590. The Morgan fingerprint density at radius 1 is 0.184 bits per heavy atom. The van der Waals surface area contributed by atoms with E-state index in [4.69, 9.17) is 19.9 Å². The average molecular weight is 1500 g/mol. The van der Waals surface area contributed by atoms with Crippen molar-refractivity contribution in [1.82, 2.24) is 38.2 Å². The average Bonchev–Trinajstić information content (AvgIpc) is 1.47. The summed E-state index contributed by atoms with van der Waals surface area (Å²) in [5.74, 6) is 3.36. The number of hydrogen-bond acceptors (Lipinski definition) is 4. The minimum Gasteiger partial charge on any atom is -0.305 e. The summed E-state index contributed by atoms with van der Waals surface area (Å²) in [7, 11) is 0. The van der Waals surface area contributed by atoms with Gasteiger partial charge in [0.2, 0.25) is 0 Å². The van der Waals surface area contributed by atoms with Gasteiger partial charge in [0.05, 0.1) is 44.1 Å². The maximum absolute atomic E-state index is 6.89. The Morgan fingerprint density at radius 2 is 0.368 bits per heavy atom. The van der Waals surface area contributed by atoms with Crippen LogP contribution in [0.3, 0.4) is 0 Å². The molecule has 17 aromatic rings. The topological polar surface area (TPSA) is 71.3 Å². The van der Waals surface area contributed by atoms with Crippen molar-refractivity contribution in [2.45, 2.75) is 209 Å². The van der Waals surface area contributed by atoms with E-state index < -0.39 is 0 Å². The normalized spacial score (nSPS) is 13.3. The van der Waals surface area contributed by atoms with Crippen LogP contribution < -0.4 is 0 Å². The highest BCUT2D eigenvalue weighted by Gasteiger charge is 2.36. The van der Waals surface area contributed by atoms with E-state index in [2.05, 4.69) is 379 Å². The zero-order chi connectivity index (χ0) is 80.8. The van der Waals surface area contributed by atoms with Crippen LogP contribution in [0.2, 0.25) is 0 Å². The summed E-state index contributed by atoms with van der Waals surface area (Å²) in [5, 5.41) is 9.42. The van der Waals surface area contributed by atoms with Crippen LogP contribution >= 0.6 is 0 Å². The molecule has 0 aliphatic heterocycles. The molecule has 8 nitrogen and oxygen atoms in total. The molecular weight excluding hydrogens is 1390 g/mol. The molecule has 114 heavy (non-hydrogen) atoms. The van der Waals surface area contributed by atoms with E-state index >= 15 is 0 Å². The lowest BCUT2D eigenvalue weighted by atomic mass is 9.85. The minimum atomic E-state index is -0.165. The Hall–Kier alpha value is -11.2. The minimum absolute atomic E-state index is 0.157. The molecule has 0 unspecified atom stereocenters. The van der Waals surface area contributed by atoms with Gasteiger partial charge in [-0.15, -0.1) is 0 Å². The van der Waals surface area contributed by atoms with Crippen molar-refractivity contribution in [2.24, 2.45) is 0 Å². The Kier molecular flexibility index (Phi) is 17.3. The van der Waals surface area contributed by atoms with Crippen molar-refractivity contribution < 1.29 is 0 Å². The predicted molar refractivity (Wildman–Crippen MR) is 486 cm³/mol. The molecule has 0 fully saturated rings. The highest BCUT2D eigenvalue weighted by molar-refractivity contribution is 6.17. The molecule has 0 atom stereocenters. The van der Waals surface area contributed by atoms with Crippen molar-refractivity contribution in [3.05, 3.63) is 275 Å². The van der Waals surface area contributed by atoms with Crippen molar-refractivity contribution >= 4 is 87.2 Å². The Labute approximate surface area is 674 Å². The molecular formula is C106H110N8. The smallest absolute Gasteiger partial charge is 0.165 e. The van der Waals surface area contributed by atoms with Crippen LogP contribution in [0.1, 0.15) is 211 Å². The molecule has 0 saturated heterocycles.